The maximum Gasteiger partial charge on any atom is -0.0245 e. The van der Waals surface area contributed by atoms with Crippen molar-refractivity contribution in [3.05, 3.63) is 36.0 Å². The van der Waals surface area contributed by atoms with Crippen LogP contribution in [0, 0.1) is 5.92 Å². The van der Waals surface area contributed by atoms with E-state index in [-0.39, 0.29) is 0 Å². The molecule has 0 saturated carbocycles. The minimum atomic E-state index is 0.755. The first-order valence-corrected chi connectivity index (χ1v) is 6.06. The molecule has 0 aromatic rings. The first kappa shape index (κ1) is 14.2. The molecule has 0 nitrogen and oxygen atoms in total. The van der Waals surface area contributed by atoms with Crippen molar-refractivity contribution in [2.75, 3.05) is 0 Å². The van der Waals surface area contributed by atoms with Crippen LogP contribution in [0.4, 0.5) is 0 Å². The van der Waals surface area contributed by atoms with E-state index in [9.17, 15) is 0 Å². The topological polar surface area (TPSA) is 0 Å². The highest BCUT2D eigenvalue weighted by atomic mass is 14.0. The molecule has 0 aromatic heterocycles. The van der Waals surface area contributed by atoms with Gasteiger partial charge in [0.05, 0.1) is 0 Å². The van der Waals surface area contributed by atoms with Gasteiger partial charge in [0.2, 0.25) is 0 Å². The Labute approximate surface area is 95.8 Å². The summed E-state index contributed by atoms with van der Waals surface area (Å²) in [6, 6.07) is 0. The second-order valence-electron chi connectivity index (χ2n) is 4.68. The van der Waals surface area contributed by atoms with Crippen LogP contribution >= 0.6 is 0 Å². The lowest BCUT2D eigenvalue weighted by Crippen LogP contribution is -1.84. The molecule has 0 radical (unpaired) electrons. The number of rotatable bonds is 7. The zero-order valence-corrected chi connectivity index (χ0v) is 10.8. The number of allylic oxidation sites excluding steroid dienone is 5. The Morgan fingerprint density at radius 1 is 1.27 bits per heavy atom. The Kier molecular flexibility index (Phi) is 8.08. The lowest BCUT2D eigenvalue weighted by Gasteiger charge is -2.03. The molecule has 0 aliphatic carbocycles. The van der Waals surface area contributed by atoms with Gasteiger partial charge in [0.1, 0.15) is 0 Å². The van der Waals surface area contributed by atoms with Crippen molar-refractivity contribution >= 4 is 0 Å². The summed E-state index contributed by atoms with van der Waals surface area (Å²) in [7, 11) is 0. The summed E-state index contributed by atoms with van der Waals surface area (Å²) in [5.74, 6) is 0.755. The average Bonchev–Trinajstić information content (AvgIpc) is 2.13. The van der Waals surface area contributed by atoms with E-state index in [0.717, 1.165) is 25.2 Å². The summed E-state index contributed by atoms with van der Waals surface area (Å²) in [5.41, 5.74) is 2.73. The average molecular weight is 206 g/mol. The molecular weight excluding hydrogens is 180 g/mol. The second kappa shape index (κ2) is 8.52. The molecule has 0 fully saturated rings. The Balaban J connectivity index is 4.10. The summed E-state index contributed by atoms with van der Waals surface area (Å²) in [6.45, 7) is 12.7. The van der Waals surface area contributed by atoms with Crippen LogP contribution in [-0.4, -0.2) is 0 Å². The molecule has 0 heteroatoms. The van der Waals surface area contributed by atoms with Gasteiger partial charge < -0.3 is 0 Å². The van der Waals surface area contributed by atoms with Crippen LogP contribution in [0.15, 0.2) is 36.0 Å². The van der Waals surface area contributed by atoms with E-state index >= 15 is 0 Å². The molecule has 0 N–H and O–H groups in total. The van der Waals surface area contributed by atoms with Crippen LogP contribution in [0.2, 0.25) is 0 Å². The molecule has 0 aliphatic heterocycles. The molecular formula is C15H26. The van der Waals surface area contributed by atoms with E-state index in [0.29, 0.717) is 0 Å². The van der Waals surface area contributed by atoms with Crippen molar-refractivity contribution in [2.45, 2.75) is 53.4 Å². The van der Waals surface area contributed by atoms with Gasteiger partial charge in [-0.25, -0.2) is 0 Å². The predicted octanol–water partition coefficient (Wildman–Crippen LogP) is 5.28. The maximum atomic E-state index is 3.94. The van der Waals surface area contributed by atoms with E-state index < -0.39 is 0 Å². The molecule has 0 amide bonds. The molecule has 15 heavy (non-hydrogen) atoms. The summed E-state index contributed by atoms with van der Waals surface area (Å²) in [6.07, 6.45) is 11.4. The van der Waals surface area contributed by atoms with Gasteiger partial charge in [0, 0.05) is 0 Å². The number of hydrogen-bond donors (Lipinski definition) is 0. The fraction of sp³-hybridized carbons (Fsp3) is 0.600. The summed E-state index contributed by atoms with van der Waals surface area (Å²) in [5, 5.41) is 0. The third-order valence-electron chi connectivity index (χ3n) is 2.25. The molecule has 0 unspecified atom stereocenters. The standard InChI is InChI=1S/C15H26/c1-6-8-15(12-11-14(4)5)10-7-9-13(2)3/h7-8,10,13H,4,6,9,11-12H2,1-3,5H3. The third kappa shape index (κ3) is 9.52. The Morgan fingerprint density at radius 2 is 1.93 bits per heavy atom. The van der Waals surface area contributed by atoms with Crippen LogP contribution in [0.25, 0.3) is 0 Å². The summed E-state index contributed by atoms with van der Waals surface area (Å²) < 4.78 is 0. The molecule has 0 saturated heterocycles. The van der Waals surface area contributed by atoms with Crippen LogP contribution in [0.5, 0.6) is 0 Å². The van der Waals surface area contributed by atoms with E-state index in [4.69, 9.17) is 0 Å². The van der Waals surface area contributed by atoms with Gasteiger partial charge in [0.15, 0.2) is 0 Å². The van der Waals surface area contributed by atoms with Crippen LogP contribution in [-0.2, 0) is 0 Å². The van der Waals surface area contributed by atoms with Gasteiger partial charge in [-0.2, -0.15) is 0 Å². The van der Waals surface area contributed by atoms with Crippen molar-refractivity contribution in [3.63, 3.8) is 0 Å². The normalized spacial score (nSPS) is 12.7. The summed E-state index contributed by atoms with van der Waals surface area (Å²) >= 11 is 0. The largest absolute Gasteiger partial charge is 0.100 e. The van der Waals surface area contributed by atoms with Crippen LogP contribution in [0.1, 0.15) is 53.4 Å². The highest BCUT2D eigenvalue weighted by molar-refractivity contribution is 5.19. The van der Waals surface area contributed by atoms with Gasteiger partial charge in [0.25, 0.3) is 0 Å². The monoisotopic (exact) mass is 206 g/mol. The highest BCUT2D eigenvalue weighted by Crippen LogP contribution is 2.13. The molecule has 0 heterocycles. The fourth-order valence-corrected chi connectivity index (χ4v) is 1.36. The lowest BCUT2D eigenvalue weighted by molar-refractivity contribution is 0.663. The van der Waals surface area contributed by atoms with Crippen LogP contribution in [0.3, 0.4) is 0 Å². The SMILES string of the molecule is C=C(C)CCC(C=CCC(C)C)=CCC. The van der Waals surface area contributed by atoms with E-state index in [1.165, 1.54) is 17.6 Å². The van der Waals surface area contributed by atoms with Gasteiger partial charge in [-0.05, 0) is 38.5 Å². The first-order valence-electron chi connectivity index (χ1n) is 6.06. The molecule has 0 rings (SSSR count). The first-order chi connectivity index (χ1) is 7.06. The minimum absolute atomic E-state index is 0.755. The van der Waals surface area contributed by atoms with E-state index in [1.54, 1.807) is 0 Å². The lowest BCUT2D eigenvalue weighted by atomic mass is 10.0. The smallest absolute Gasteiger partial charge is 0.0245 e. The molecule has 0 aromatic carbocycles. The zero-order valence-electron chi connectivity index (χ0n) is 10.8. The fourth-order valence-electron chi connectivity index (χ4n) is 1.36. The van der Waals surface area contributed by atoms with Crippen LogP contribution < -0.4 is 0 Å². The molecule has 0 aliphatic rings. The van der Waals surface area contributed by atoms with E-state index in [2.05, 4.69) is 52.5 Å². The van der Waals surface area contributed by atoms with Gasteiger partial charge >= 0.3 is 0 Å². The van der Waals surface area contributed by atoms with Crippen molar-refractivity contribution in [1.29, 1.82) is 0 Å². The predicted molar refractivity (Wildman–Crippen MR) is 71.0 cm³/mol. The molecule has 0 bridgehead atoms. The van der Waals surface area contributed by atoms with Crippen molar-refractivity contribution in [2.24, 2.45) is 5.92 Å². The Morgan fingerprint density at radius 3 is 2.40 bits per heavy atom. The van der Waals surface area contributed by atoms with Gasteiger partial charge in [-0.1, -0.05) is 50.1 Å². The van der Waals surface area contributed by atoms with E-state index in [1.807, 2.05) is 0 Å². The van der Waals surface area contributed by atoms with Crippen molar-refractivity contribution < 1.29 is 0 Å². The minimum Gasteiger partial charge on any atom is -0.100 e. The Bertz CT molecular complexity index is 228. The van der Waals surface area contributed by atoms with Gasteiger partial charge in [-0.3, -0.25) is 0 Å². The highest BCUT2D eigenvalue weighted by Gasteiger charge is 1.94. The molecule has 86 valence electrons. The Hall–Kier alpha value is -0.780. The van der Waals surface area contributed by atoms with Crippen molar-refractivity contribution in [1.82, 2.24) is 0 Å². The molecule has 0 atom stereocenters. The second-order valence-corrected chi connectivity index (χ2v) is 4.68. The molecule has 0 spiro atoms. The quantitative estimate of drug-likeness (QED) is 0.392. The maximum absolute atomic E-state index is 3.94. The van der Waals surface area contributed by atoms with Gasteiger partial charge in [-0.15, -0.1) is 6.58 Å². The summed E-state index contributed by atoms with van der Waals surface area (Å²) in [4.78, 5) is 0. The third-order valence-corrected chi connectivity index (χ3v) is 2.25. The number of hydrogen-bond acceptors (Lipinski definition) is 0. The van der Waals surface area contributed by atoms with Crippen molar-refractivity contribution in [3.8, 4) is 0 Å². The zero-order chi connectivity index (χ0) is 11.7.